The predicted octanol–water partition coefficient (Wildman–Crippen LogP) is 2.12. The molecule has 0 aliphatic carbocycles. The SMILES string of the molecule is O=C(COC(=O)[C@@H]1COc2ccccc2O1)NCCCc1ccccc1. The number of esters is 1. The van der Waals surface area contributed by atoms with Crippen molar-refractivity contribution in [3.8, 4) is 11.5 Å². The minimum absolute atomic E-state index is 0.0640. The van der Waals surface area contributed by atoms with Gasteiger partial charge in [-0.3, -0.25) is 4.79 Å². The van der Waals surface area contributed by atoms with Gasteiger partial charge in [-0.25, -0.2) is 4.79 Å². The van der Waals surface area contributed by atoms with Gasteiger partial charge in [0.1, 0.15) is 6.61 Å². The number of rotatable bonds is 7. The number of amides is 1. The van der Waals surface area contributed by atoms with Gasteiger partial charge in [0.25, 0.3) is 5.91 Å². The molecule has 0 saturated carbocycles. The minimum Gasteiger partial charge on any atom is -0.485 e. The van der Waals surface area contributed by atoms with Gasteiger partial charge in [-0.15, -0.1) is 0 Å². The lowest BCUT2D eigenvalue weighted by Crippen LogP contribution is -2.39. The van der Waals surface area contributed by atoms with Gasteiger partial charge in [0.05, 0.1) is 0 Å². The van der Waals surface area contributed by atoms with Gasteiger partial charge in [-0.2, -0.15) is 0 Å². The van der Waals surface area contributed by atoms with E-state index in [4.69, 9.17) is 14.2 Å². The number of carbonyl (C=O) groups excluding carboxylic acids is 2. The Bertz CT molecular complexity index is 747. The molecule has 3 rings (SSSR count). The van der Waals surface area contributed by atoms with E-state index in [1.54, 1.807) is 18.2 Å². The van der Waals surface area contributed by atoms with Crippen molar-refractivity contribution >= 4 is 11.9 Å². The number of nitrogens with one attached hydrogen (secondary N) is 1. The van der Waals surface area contributed by atoms with Crippen LogP contribution in [0.4, 0.5) is 0 Å². The molecule has 1 heterocycles. The maximum Gasteiger partial charge on any atom is 0.351 e. The van der Waals surface area contributed by atoms with Gasteiger partial charge in [-0.1, -0.05) is 42.5 Å². The summed E-state index contributed by atoms with van der Waals surface area (Å²) in [5, 5.41) is 2.74. The topological polar surface area (TPSA) is 73.9 Å². The Hall–Kier alpha value is -3.02. The van der Waals surface area contributed by atoms with E-state index < -0.39 is 12.1 Å². The van der Waals surface area contributed by atoms with Gasteiger partial charge < -0.3 is 19.5 Å². The lowest BCUT2D eigenvalue weighted by atomic mass is 10.1. The Labute approximate surface area is 152 Å². The molecule has 6 nitrogen and oxygen atoms in total. The summed E-state index contributed by atoms with van der Waals surface area (Å²) >= 11 is 0. The number of para-hydroxylation sites is 2. The molecule has 6 heteroatoms. The average Bonchev–Trinajstić information content (AvgIpc) is 2.70. The lowest BCUT2D eigenvalue weighted by molar-refractivity contribution is -0.157. The van der Waals surface area contributed by atoms with Gasteiger partial charge in [0, 0.05) is 6.54 Å². The summed E-state index contributed by atoms with van der Waals surface area (Å²) in [7, 11) is 0. The van der Waals surface area contributed by atoms with E-state index >= 15 is 0 Å². The van der Waals surface area contributed by atoms with Gasteiger partial charge in [-0.05, 0) is 30.5 Å². The average molecular weight is 355 g/mol. The normalized spacial score (nSPS) is 15.2. The number of hydrogen-bond donors (Lipinski definition) is 1. The second-order valence-corrected chi connectivity index (χ2v) is 5.91. The standard InChI is InChI=1S/C20H21NO5/c22-19(21-12-6-9-15-7-2-1-3-8-15)14-25-20(23)18-13-24-16-10-4-5-11-17(16)26-18/h1-5,7-8,10-11,18H,6,9,12-14H2,(H,21,22)/t18-/m0/s1. The molecule has 0 aromatic heterocycles. The molecule has 0 spiro atoms. The summed E-state index contributed by atoms with van der Waals surface area (Å²) in [6.45, 7) is 0.266. The molecule has 26 heavy (non-hydrogen) atoms. The first-order chi connectivity index (χ1) is 12.7. The van der Waals surface area contributed by atoms with Crippen molar-refractivity contribution in [2.75, 3.05) is 19.8 Å². The van der Waals surface area contributed by atoms with Crippen molar-refractivity contribution < 1.29 is 23.8 Å². The Morgan fingerprint density at radius 1 is 1.04 bits per heavy atom. The monoisotopic (exact) mass is 355 g/mol. The van der Waals surface area contributed by atoms with Crippen molar-refractivity contribution in [1.29, 1.82) is 0 Å². The third-order valence-corrected chi connectivity index (χ3v) is 3.92. The van der Waals surface area contributed by atoms with E-state index in [0.29, 0.717) is 18.0 Å². The minimum atomic E-state index is -0.865. The number of aryl methyl sites for hydroxylation is 1. The molecule has 0 unspecified atom stereocenters. The number of benzene rings is 2. The molecule has 0 fully saturated rings. The molecule has 2 aromatic carbocycles. The van der Waals surface area contributed by atoms with Gasteiger partial charge in [0.15, 0.2) is 18.1 Å². The quantitative estimate of drug-likeness (QED) is 0.608. The molecule has 2 aromatic rings. The van der Waals surface area contributed by atoms with Crippen LogP contribution in [0.15, 0.2) is 54.6 Å². The molecular formula is C20H21NO5. The largest absolute Gasteiger partial charge is 0.485 e. The van der Waals surface area contributed by atoms with Crippen LogP contribution >= 0.6 is 0 Å². The van der Waals surface area contributed by atoms with Crippen LogP contribution in [0, 0.1) is 0 Å². The summed E-state index contributed by atoms with van der Waals surface area (Å²) in [6.07, 6.45) is 0.837. The van der Waals surface area contributed by atoms with Crippen LogP contribution in [0.1, 0.15) is 12.0 Å². The Morgan fingerprint density at radius 2 is 1.77 bits per heavy atom. The van der Waals surface area contributed by atoms with E-state index in [1.165, 1.54) is 5.56 Å². The van der Waals surface area contributed by atoms with E-state index in [9.17, 15) is 9.59 Å². The molecule has 1 N–H and O–H groups in total. The van der Waals surface area contributed by atoms with E-state index in [1.807, 2.05) is 36.4 Å². The molecule has 1 atom stereocenters. The Balaban J connectivity index is 1.33. The van der Waals surface area contributed by atoms with Crippen LogP contribution in [-0.4, -0.2) is 37.7 Å². The molecule has 1 aliphatic rings. The highest BCUT2D eigenvalue weighted by atomic mass is 16.6. The second-order valence-electron chi connectivity index (χ2n) is 5.91. The molecule has 1 aliphatic heterocycles. The van der Waals surface area contributed by atoms with E-state index in [2.05, 4.69) is 5.32 Å². The van der Waals surface area contributed by atoms with E-state index in [0.717, 1.165) is 12.8 Å². The fraction of sp³-hybridized carbons (Fsp3) is 0.300. The highest BCUT2D eigenvalue weighted by Crippen LogP contribution is 2.31. The summed E-state index contributed by atoms with van der Waals surface area (Å²) < 4.78 is 16.0. The third-order valence-electron chi connectivity index (χ3n) is 3.92. The maximum atomic E-state index is 12.0. The first kappa shape index (κ1) is 17.8. The van der Waals surface area contributed by atoms with Gasteiger partial charge >= 0.3 is 5.97 Å². The number of fused-ring (bicyclic) bond motifs is 1. The van der Waals surface area contributed by atoms with Crippen molar-refractivity contribution in [3.63, 3.8) is 0 Å². The predicted molar refractivity (Wildman–Crippen MR) is 95.1 cm³/mol. The smallest absolute Gasteiger partial charge is 0.351 e. The first-order valence-corrected chi connectivity index (χ1v) is 8.58. The fourth-order valence-electron chi connectivity index (χ4n) is 2.58. The number of hydrogen-bond acceptors (Lipinski definition) is 5. The van der Waals surface area contributed by atoms with Crippen molar-refractivity contribution in [3.05, 3.63) is 60.2 Å². The van der Waals surface area contributed by atoms with Crippen LogP contribution in [0.2, 0.25) is 0 Å². The zero-order valence-electron chi connectivity index (χ0n) is 14.4. The third kappa shape index (κ3) is 4.99. The van der Waals surface area contributed by atoms with Crippen molar-refractivity contribution in [2.45, 2.75) is 18.9 Å². The second kappa shape index (κ2) is 8.89. The highest BCUT2D eigenvalue weighted by Gasteiger charge is 2.29. The molecule has 0 saturated heterocycles. The van der Waals surface area contributed by atoms with Gasteiger partial charge in [0.2, 0.25) is 6.10 Å². The lowest BCUT2D eigenvalue weighted by Gasteiger charge is -2.24. The summed E-state index contributed by atoms with van der Waals surface area (Å²) in [4.78, 5) is 23.8. The maximum absolute atomic E-state index is 12.0. The highest BCUT2D eigenvalue weighted by molar-refractivity contribution is 5.82. The van der Waals surface area contributed by atoms with Crippen molar-refractivity contribution in [2.24, 2.45) is 0 Å². The summed E-state index contributed by atoms with van der Waals surface area (Å²) in [5.74, 6) is 0.140. The zero-order valence-corrected chi connectivity index (χ0v) is 14.4. The molecule has 0 bridgehead atoms. The molecule has 136 valence electrons. The number of ether oxygens (including phenoxy) is 3. The molecule has 0 radical (unpaired) electrons. The summed E-state index contributed by atoms with van der Waals surface area (Å²) in [6, 6.07) is 17.1. The Kier molecular flexibility index (Phi) is 6.09. The first-order valence-electron chi connectivity index (χ1n) is 8.58. The van der Waals surface area contributed by atoms with E-state index in [-0.39, 0.29) is 19.1 Å². The molecule has 1 amide bonds. The van der Waals surface area contributed by atoms with Crippen molar-refractivity contribution in [1.82, 2.24) is 5.32 Å². The van der Waals surface area contributed by atoms with Crippen LogP contribution in [0.3, 0.4) is 0 Å². The fourth-order valence-corrected chi connectivity index (χ4v) is 2.58. The Morgan fingerprint density at radius 3 is 2.58 bits per heavy atom. The summed E-state index contributed by atoms with van der Waals surface area (Å²) in [5.41, 5.74) is 1.22. The van der Waals surface area contributed by atoms with Crippen LogP contribution in [-0.2, 0) is 20.7 Å². The van der Waals surface area contributed by atoms with Crippen LogP contribution in [0.5, 0.6) is 11.5 Å². The van der Waals surface area contributed by atoms with Crippen LogP contribution < -0.4 is 14.8 Å². The van der Waals surface area contributed by atoms with Crippen LogP contribution in [0.25, 0.3) is 0 Å². The zero-order chi connectivity index (χ0) is 18.2. The number of carbonyl (C=O) groups is 2. The molecular weight excluding hydrogens is 334 g/mol.